The van der Waals surface area contributed by atoms with Crippen LogP contribution >= 0.6 is 15.9 Å². The minimum Gasteiger partial charge on any atom is -0.469 e. The van der Waals surface area contributed by atoms with E-state index in [1.165, 1.54) is 7.11 Å². The van der Waals surface area contributed by atoms with Crippen molar-refractivity contribution in [3.05, 3.63) is 12.7 Å². The van der Waals surface area contributed by atoms with E-state index >= 15 is 0 Å². The first-order chi connectivity index (χ1) is 5.24. The van der Waals surface area contributed by atoms with Crippen LogP contribution in [0.5, 0.6) is 0 Å². The second-order valence-electron chi connectivity index (χ2n) is 2.25. The van der Waals surface area contributed by atoms with E-state index in [9.17, 15) is 4.79 Å². The maximum Gasteiger partial charge on any atom is 0.306 e. The lowest BCUT2D eigenvalue weighted by Crippen LogP contribution is -2.08. The second kappa shape index (κ2) is 6.40. The molecule has 11 heavy (non-hydrogen) atoms. The van der Waals surface area contributed by atoms with Gasteiger partial charge in [-0.15, -0.1) is 6.58 Å². The second-order valence-corrected chi connectivity index (χ2v) is 3.05. The van der Waals surface area contributed by atoms with Crippen LogP contribution in [0.4, 0.5) is 0 Å². The Balaban J connectivity index is 3.67. The quantitative estimate of drug-likeness (QED) is 0.404. The van der Waals surface area contributed by atoms with Crippen LogP contribution < -0.4 is 0 Å². The van der Waals surface area contributed by atoms with Gasteiger partial charge >= 0.3 is 5.97 Å². The maximum absolute atomic E-state index is 10.8. The highest BCUT2D eigenvalue weighted by molar-refractivity contribution is 9.09. The van der Waals surface area contributed by atoms with Gasteiger partial charge in [0.25, 0.3) is 0 Å². The molecule has 0 saturated carbocycles. The van der Waals surface area contributed by atoms with Crippen LogP contribution in [0.15, 0.2) is 12.7 Å². The van der Waals surface area contributed by atoms with Gasteiger partial charge in [0, 0.05) is 5.33 Å². The third kappa shape index (κ3) is 5.01. The van der Waals surface area contributed by atoms with Gasteiger partial charge in [0.2, 0.25) is 0 Å². The molecule has 0 aromatic heterocycles. The molecule has 0 N–H and O–H groups in total. The molecule has 0 fully saturated rings. The van der Waals surface area contributed by atoms with E-state index < -0.39 is 0 Å². The Hall–Kier alpha value is -0.310. The van der Waals surface area contributed by atoms with Crippen LogP contribution in [-0.2, 0) is 9.53 Å². The van der Waals surface area contributed by atoms with Crippen LogP contribution in [0.25, 0.3) is 0 Å². The van der Waals surface area contributed by atoms with E-state index in [0.29, 0.717) is 6.42 Å². The standard InChI is InChI=1S/C8H13BrO2/c1-3-7(4-5-9)6-8(10)11-2/h3,7H,1,4-6H2,2H3. The largest absolute Gasteiger partial charge is 0.469 e. The average Bonchev–Trinajstić information content (AvgIpc) is 2.03. The smallest absolute Gasteiger partial charge is 0.306 e. The van der Waals surface area contributed by atoms with Crippen molar-refractivity contribution < 1.29 is 9.53 Å². The molecule has 1 unspecified atom stereocenters. The first kappa shape index (κ1) is 10.7. The summed E-state index contributed by atoms with van der Waals surface area (Å²) in [5.74, 6) is 0.0673. The number of alkyl halides is 1. The summed E-state index contributed by atoms with van der Waals surface area (Å²) in [5.41, 5.74) is 0. The number of hydrogen-bond donors (Lipinski definition) is 0. The number of carbonyl (C=O) groups excluding carboxylic acids is 1. The van der Waals surface area contributed by atoms with E-state index in [1.54, 1.807) is 6.08 Å². The lowest BCUT2D eigenvalue weighted by molar-refractivity contribution is -0.141. The average molecular weight is 221 g/mol. The molecule has 0 rings (SSSR count). The molecule has 64 valence electrons. The topological polar surface area (TPSA) is 26.3 Å². The van der Waals surface area contributed by atoms with Crippen molar-refractivity contribution in [3.63, 3.8) is 0 Å². The van der Waals surface area contributed by atoms with Crippen LogP contribution in [-0.4, -0.2) is 18.4 Å². The maximum atomic E-state index is 10.8. The highest BCUT2D eigenvalue weighted by atomic mass is 79.9. The zero-order valence-electron chi connectivity index (χ0n) is 6.68. The summed E-state index contributed by atoms with van der Waals surface area (Å²) in [7, 11) is 1.40. The first-order valence-corrected chi connectivity index (χ1v) is 4.62. The molecule has 0 aliphatic carbocycles. The van der Waals surface area contributed by atoms with E-state index in [2.05, 4.69) is 27.2 Å². The van der Waals surface area contributed by atoms with Crippen molar-refractivity contribution in [2.45, 2.75) is 12.8 Å². The normalized spacial score (nSPS) is 12.2. The predicted molar refractivity (Wildman–Crippen MR) is 48.7 cm³/mol. The lowest BCUT2D eigenvalue weighted by atomic mass is 10.0. The van der Waals surface area contributed by atoms with Crippen molar-refractivity contribution in [3.8, 4) is 0 Å². The van der Waals surface area contributed by atoms with Crippen molar-refractivity contribution >= 4 is 21.9 Å². The molecule has 0 radical (unpaired) electrons. The minimum absolute atomic E-state index is 0.171. The number of methoxy groups -OCH3 is 1. The van der Waals surface area contributed by atoms with Crippen molar-refractivity contribution in [1.29, 1.82) is 0 Å². The third-order valence-electron chi connectivity index (χ3n) is 1.47. The molecule has 0 heterocycles. The van der Waals surface area contributed by atoms with Crippen molar-refractivity contribution in [2.24, 2.45) is 5.92 Å². The SMILES string of the molecule is C=CC(CCBr)CC(=O)OC. The molecule has 0 aliphatic heterocycles. The van der Waals surface area contributed by atoms with Crippen molar-refractivity contribution in [1.82, 2.24) is 0 Å². The van der Waals surface area contributed by atoms with E-state index in [4.69, 9.17) is 0 Å². The Morgan fingerprint density at radius 2 is 2.45 bits per heavy atom. The van der Waals surface area contributed by atoms with Crippen LogP contribution in [0, 0.1) is 5.92 Å². The zero-order chi connectivity index (χ0) is 8.69. The van der Waals surface area contributed by atoms with E-state index in [-0.39, 0.29) is 11.9 Å². The first-order valence-electron chi connectivity index (χ1n) is 3.50. The summed E-state index contributed by atoms with van der Waals surface area (Å²) < 4.78 is 4.53. The van der Waals surface area contributed by atoms with E-state index in [1.807, 2.05) is 0 Å². The van der Waals surface area contributed by atoms with Gasteiger partial charge < -0.3 is 4.74 Å². The number of rotatable bonds is 5. The molecule has 0 amide bonds. The van der Waals surface area contributed by atoms with E-state index in [0.717, 1.165) is 11.8 Å². The minimum atomic E-state index is -0.171. The number of allylic oxidation sites excluding steroid dienone is 1. The monoisotopic (exact) mass is 220 g/mol. The lowest BCUT2D eigenvalue weighted by Gasteiger charge is -2.07. The summed E-state index contributed by atoms with van der Waals surface area (Å²) in [6.45, 7) is 3.64. The van der Waals surface area contributed by atoms with Crippen LogP contribution in [0.2, 0.25) is 0 Å². The van der Waals surface area contributed by atoms with Gasteiger partial charge in [-0.25, -0.2) is 0 Å². The molecule has 3 heteroatoms. The molecule has 1 atom stereocenters. The third-order valence-corrected chi connectivity index (χ3v) is 1.93. The Morgan fingerprint density at radius 3 is 2.82 bits per heavy atom. The van der Waals surface area contributed by atoms with Crippen LogP contribution in [0.1, 0.15) is 12.8 Å². The molecule has 0 saturated heterocycles. The summed E-state index contributed by atoms with van der Waals surface area (Å²) in [6.07, 6.45) is 3.16. The fourth-order valence-corrected chi connectivity index (χ4v) is 1.33. The Kier molecular flexibility index (Phi) is 6.22. The number of hydrogen-bond acceptors (Lipinski definition) is 2. The number of carbonyl (C=O) groups is 1. The summed E-state index contributed by atoms with van der Waals surface area (Å²) in [5, 5.41) is 0.890. The van der Waals surface area contributed by atoms with Gasteiger partial charge in [0.15, 0.2) is 0 Å². The summed E-state index contributed by atoms with van der Waals surface area (Å²) in [6, 6.07) is 0. The van der Waals surface area contributed by atoms with Gasteiger partial charge in [-0.1, -0.05) is 22.0 Å². The molecule has 0 aliphatic rings. The highest BCUT2D eigenvalue weighted by Crippen LogP contribution is 2.11. The number of halogens is 1. The van der Waals surface area contributed by atoms with Gasteiger partial charge in [0.05, 0.1) is 13.5 Å². The Morgan fingerprint density at radius 1 is 1.82 bits per heavy atom. The Bertz CT molecular complexity index is 134. The molecule has 0 bridgehead atoms. The highest BCUT2D eigenvalue weighted by Gasteiger charge is 2.09. The molecule has 2 nitrogen and oxygen atoms in total. The Labute approximate surface area is 75.7 Å². The summed E-state index contributed by atoms with van der Waals surface area (Å²) >= 11 is 3.30. The molecular formula is C8H13BrO2. The van der Waals surface area contributed by atoms with Gasteiger partial charge in [-0.2, -0.15) is 0 Å². The molecule has 0 aromatic rings. The van der Waals surface area contributed by atoms with Gasteiger partial charge in [-0.3, -0.25) is 4.79 Å². The van der Waals surface area contributed by atoms with Gasteiger partial charge in [0.1, 0.15) is 0 Å². The molecule has 0 spiro atoms. The number of ether oxygens (including phenoxy) is 1. The van der Waals surface area contributed by atoms with Gasteiger partial charge in [-0.05, 0) is 12.3 Å². The molecule has 0 aromatic carbocycles. The fraction of sp³-hybridized carbons (Fsp3) is 0.625. The van der Waals surface area contributed by atoms with Crippen molar-refractivity contribution in [2.75, 3.05) is 12.4 Å². The molecular weight excluding hydrogens is 208 g/mol. The zero-order valence-corrected chi connectivity index (χ0v) is 8.26. The summed E-state index contributed by atoms with van der Waals surface area (Å²) in [4.78, 5) is 10.8. The van der Waals surface area contributed by atoms with Crippen LogP contribution in [0.3, 0.4) is 0 Å². The number of esters is 1. The fourth-order valence-electron chi connectivity index (χ4n) is 0.741. The predicted octanol–water partition coefficient (Wildman–Crippen LogP) is 2.14.